The zero-order valence-corrected chi connectivity index (χ0v) is 21.3. The molecular weight excluding hydrogens is 397 g/mol. The molecule has 0 spiro atoms. The van der Waals surface area contributed by atoms with Crippen molar-refractivity contribution in [2.24, 2.45) is 11.8 Å². The summed E-state index contributed by atoms with van der Waals surface area (Å²) in [5, 5.41) is 8.47. The highest BCUT2D eigenvalue weighted by atomic mass is 31.1. The van der Waals surface area contributed by atoms with Crippen molar-refractivity contribution in [2.75, 3.05) is 43.6 Å². The molecule has 2 atom stereocenters. The molecular formula is C27H42N3P. The lowest BCUT2D eigenvalue weighted by Gasteiger charge is -2.28. The van der Waals surface area contributed by atoms with Crippen molar-refractivity contribution in [2.45, 2.75) is 40.5 Å². The van der Waals surface area contributed by atoms with Crippen LogP contribution in [0.5, 0.6) is 0 Å². The summed E-state index contributed by atoms with van der Waals surface area (Å²) in [6.07, 6.45) is 6.59. The van der Waals surface area contributed by atoms with Crippen LogP contribution >= 0.6 is 8.58 Å². The van der Waals surface area contributed by atoms with Crippen LogP contribution in [-0.2, 0) is 6.42 Å². The fourth-order valence-corrected chi connectivity index (χ4v) is 4.54. The van der Waals surface area contributed by atoms with Crippen LogP contribution in [0.4, 0.5) is 17.1 Å². The van der Waals surface area contributed by atoms with Gasteiger partial charge >= 0.3 is 0 Å². The minimum Gasteiger partial charge on any atom is -0.384 e. The highest BCUT2D eigenvalue weighted by molar-refractivity contribution is 7.46. The van der Waals surface area contributed by atoms with Gasteiger partial charge in [-0.1, -0.05) is 53.6 Å². The molecule has 0 saturated heterocycles. The van der Waals surface area contributed by atoms with Gasteiger partial charge in [0.15, 0.2) is 0 Å². The van der Waals surface area contributed by atoms with Gasteiger partial charge in [-0.3, -0.25) is 0 Å². The fourth-order valence-electron chi connectivity index (χ4n) is 3.81. The molecule has 0 aliphatic carbocycles. The molecule has 4 heteroatoms. The molecule has 2 rings (SSSR count). The number of anilines is 3. The number of hydrogen-bond donors (Lipinski definition) is 2. The molecule has 3 nitrogen and oxygen atoms in total. The number of nitrogens with zero attached hydrogens (tertiary/aromatic N) is 1. The topological polar surface area (TPSA) is 27.3 Å². The van der Waals surface area contributed by atoms with Gasteiger partial charge in [0.25, 0.3) is 0 Å². The molecule has 0 radical (unpaired) electrons. The van der Waals surface area contributed by atoms with Gasteiger partial charge in [-0.15, -0.1) is 0 Å². The van der Waals surface area contributed by atoms with E-state index in [4.69, 9.17) is 0 Å². The summed E-state index contributed by atoms with van der Waals surface area (Å²) in [7, 11) is 2.79. The van der Waals surface area contributed by atoms with Crippen molar-refractivity contribution in [3.05, 3.63) is 60.2 Å². The monoisotopic (exact) mass is 439 g/mol. The molecule has 2 N–H and O–H groups in total. The molecule has 0 saturated carbocycles. The Labute approximate surface area is 192 Å². The molecule has 2 unspecified atom stereocenters. The number of aryl methyl sites for hydroxylation is 1. The van der Waals surface area contributed by atoms with Gasteiger partial charge in [-0.05, 0) is 93.1 Å². The van der Waals surface area contributed by atoms with Crippen LogP contribution in [0.15, 0.2) is 54.6 Å². The fraction of sp³-hybridized carbons (Fsp3) is 0.481. The predicted molar refractivity (Wildman–Crippen MR) is 143 cm³/mol. The van der Waals surface area contributed by atoms with E-state index in [1.807, 2.05) is 7.05 Å². The minimum atomic E-state index is 0.587. The van der Waals surface area contributed by atoms with Crippen LogP contribution in [0.3, 0.4) is 0 Å². The van der Waals surface area contributed by atoms with Crippen molar-refractivity contribution in [3.8, 4) is 0 Å². The van der Waals surface area contributed by atoms with Crippen LogP contribution in [0.2, 0.25) is 0 Å². The maximum atomic E-state index is 3.73. The van der Waals surface area contributed by atoms with Crippen molar-refractivity contribution in [3.63, 3.8) is 0 Å². The van der Waals surface area contributed by atoms with E-state index >= 15 is 0 Å². The van der Waals surface area contributed by atoms with E-state index in [2.05, 4.69) is 105 Å². The second kappa shape index (κ2) is 13.6. The molecule has 0 bridgehead atoms. The van der Waals surface area contributed by atoms with E-state index in [9.17, 15) is 0 Å². The highest BCUT2D eigenvalue weighted by Gasteiger charge is 2.14. The number of nitrogens with one attached hydrogen (secondary N) is 2. The van der Waals surface area contributed by atoms with Gasteiger partial charge in [0.1, 0.15) is 0 Å². The van der Waals surface area contributed by atoms with Crippen molar-refractivity contribution in [1.82, 2.24) is 5.32 Å². The first kappa shape index (κ1) is 25.4. The summed E-state index contributed by atoms with van der Waals surface area (Å²) in [6.45, 7) is 14.2. The van der Waals surface area contributed by atoms with Crippen LogP contribution in [-0.4, -0.2) is 33.3 Å². The Morgan fingerprint density at radius 1 is 1.03 bits per heavy atom. The Morgan fingerprint density at radius 3 is 2.32 bits per heavy atom. The summed E-state index contributed by atoms with van der Waals surface area (Å²) in [4.78, 5) is 2.47. The molecule has 0 aliphatic heterocycles. The van der Waals surface area contributed by atoms with Crippen LogP contribution in [0.1, 0.15) is 39.7 Å². The first-order valence-electron chi connectivity index (χ1n) is 11.7. The lowest BCUT2D eigenvalue weighted by Crippen LogP contribution is -2.26. The molecule has 2 aromatic rings. The summed E-state index contributed by atoms with van der Waals surface area (Å²) >= 11 is 0. The third kappa shape index (κ3) is 7.98. The molecule has 2 aromatic carbocycles. The molecule has 0 heterocycles. The SMILES string of the molecule is C/C=C/CC(CNC)CNc1ccc(N(CC(C)C)c2ccc(CC)cc2)cc1PC. The zero-order chi connectivity index (χ0) is 22.6. The quantitative estimate of drug-likeness (QED) is 0.288. The largest absolute Gasteiger partial charge is 0.384 e. The Hall–Kier alpha value is -1.83. The van der Waals surface area contributed by atoms with E-state index in [0.717, 1.165) is 41.1 Å². The van der Waals surface area contributed by atoms with Gasteiger partial charge in [0.05, 0.1) is 0 Å². The second-order valence-electron chi connectivity index (χ2n) is 8.61. The Kier molecular flexibility index (Phi) is 11.1. The third-order valence-electron chi connectivity index (χ3n) is 5.57. The molecule has 0 aromatic heterocycles. The number of rotatable bonds is 13. The summed E-state index contributed by atoms with van der Waals surface area (Å²) in [6, 6.07) is 16.0. The lowest BCUT2D eigenvalue weighted by molar-refractivity contribution is 0.528. The van der Waals surface area contributed by atoms with Crippen molar-refractivity contribution in [1.29, 1.82) is 0 Å². The normalized spacial score (nSPS) is 12.9. The van der Waals surface area contributed by atoms with Crippen LogP contribution in [0, 0.1) is 11.8 Å². The van der Waals surface area contributed by atoms with E-state index in [1.165, 1.54) is 27.9 Å². The Balaban J connectivity index is 2.24. The van der Waals surface area contributed by atoms with Gasteiger partial charge in [-0.25, -0.2) is 0 Å². The predicted octanol–water partition coefficient (Wildman–Crippen LogP) is 6.19. The lowest BCUT2D eigenvalue weighted by atomic mass is 10.0. The average molecular weight is 440 g/mol. The minimum absolute atomic E-state index is 0.587. The second-order valence-corrected chi connectivity index (χ2v) is 9.65. The number of benzene rings is 2. The van der Waals surface area contributed by atoms with Crippen LogP contribution in [0.25, 0.3) is 0 Å². The van der Waals surface area contributed by atoms with Gasteiger partial charge < -0.3 is 15.5 Å². The molecule has 0 fully saturated rings. The Bertz CT molecular complexity index is 799. The smallest absolute Gasteiger partial charge is 0.0418 e. The van der Waals surface area contributed by atoms with Gasteiger partial charge in [-0.2, -0.15) is 0 Å². The summed E-state index contributed by atoms with van der Waals surface area (Å²) in [5.41, 5.74) is 5.22. The molecule has 170 valence electrons. The van der Waals surface area contributed by atoms with E-state index in [0.29, 0.717) is 11.8 Å². The summed E-state index contributed by atoms with van der Waals surface area (Å²) in [5.74, 6) is 1.17. The van der Waals surface area contributed by atoms with Gasteiger partial charge in [0.2, 0.25) is 0 Å². The number of hydrogen-bond acceptors (Lipinski definition) is 3. The molecule has 0 aliphatic rings. The van der Waals surface area contributed by atoms with Crippen molar-refractivity contribution >= 4 is 30.9 Å². The third-order valence-corrected chi connectivity index (χ3v) is 6.52. The van der Waals surface area contributed by atoms with E-state index in [1.54, 1.807) is 0 Å². The van der Waals surface area contributed by atoms with E-state index in [-0.39, 0.29) is 0 Å². The van der Waals surface area contributed by atoms with Crippen molar-refractivity contribution < 1.29 is 0 Å². The molecule has 31 heavy (non-hydrogen) atoms. The average Bonchev–Trinajstić information content (AvgIpc) is 2.79. The first-order chi connectivity index (χ1) is 15.0. The maximum absolute atomic E-state index is 3.73. The van der Waals surface area contributed by atoms with Gasteiger partial charge in [0, 0.05) is 30.2 Å². The standard InChI is InChI=1S/C27H42N3P/c1-7-9-10-23(18-28-5)19-29-26-16-15-25(17-27(26)31-6)30(20-21(3)4)24-13-11-22(8-2)12-14-24/h7,9,11-17,21,23,28-29,31H,8,10,18-20H2,1-6H3/b9-7+. The van der Waals surface area contributed by atoms with Crippen LogP contribution < -0.4 is 20.8 Å². The van der Waals surface area contributed by atoms with E-state index < -0.39 is 0 Å². The zero-order valence-electron chi connectivity index (χ0n) is 20.3. The maximum Gasteiger partial charge on any atom is 0.0418 e. The Morgan fingerprint density at radius 2 is 1.74 bits per heavy atom. The summed E-state index contributed by atoms with van der Waals surface area (Å²) < 4.78 is 0. The molecule has 0 amide bonds. The highest BCUT2D eigenvalue weighted by Crippen LogP contribution is 2.29. The first-order valence-corrected chi connectivity index (χ1v) is 13.2. The number of allylic oxidation sites excluding steroid dienone is 2.